The van der Waals surface area contributed by atoms with Gasteiger partial charge in [-0.05, 0) is 166 Å². The van der Waals surface area contributed by atoms with Gasteiger partial charge in [0.2, 0.25) is 0 Å². The van der Waals surface area contributed by atoms with Crippen molar-refractivity contribution in [3.8, 4) is 12.1 Å². The zero-order valence-corrected chi connectivity index (χ0v) is 42.5. The first kappa shape index (κ1) is 51.5. The Bertz CT molecular complexity index is 3100. The van der Waals surface area contributed by atoms with E-state index in [9.17, 15) is 24.3 Å². The maximum atomic E-state index is 13.3. The summed E-state index contributed by atoms with van der Waals surface area (Å²) in [6, 6.07) is 37.8. The van der Waals surface area contributed by atoms with Crippen LogP contribution in [0.4, 0.5) is 23.0 Å². The first-order chi connectivity index (χ1) is 36.4. The summed E-state index contributed by atoms with van der Waals surface area (Å²) in [6.45, 7) is 9.90. The Morgan fingerprint density at radius 2 is 0.987 bits per heavy atom. The molecule has 0 aliphatic carbocycles. The molecule has 4 aliphatic heterocycles. The second-order valence-corrected chi connectivity index (χ2v) is 19.9. The van der Waals surface area contributed by atoms with E-state index < -0.39 is 0 Å². The van der Waals surface area contributed by atoms with Gasteiger partial charge in [-0.1, -0.05) is 36.4 Å². The molecule has 0 unspecified atom stereocenters. The van der Waals surface area contributed by atoms with E-state index in [-0.39, 0.29) is 29.7 Å². The summed E-state index contributed by atoms with van der Waals surface area (Å²) in [5.41, 5.74) is 8.84. The number of benzene rings is 4. The second-order valence-electron chi connectivity index (χ2n) is 19.9. The lowest BCUT2D eigenvalue weighted by Crippen LogP contribution is -2.38. The Kier molecular flexibility index (Phi) is 16.2. The Labute approximate surface area is 438 Å². The number of carbonyl (C=O) groups is 4. The van der Waals surface area contributed by atoms with Crippen LogP contribution in [-0.2, 0) is 0 Å². The van der Waals surface area contributed by atoms with Crippen LogP contribution in [0.5, 0.6) is 0 Å². The molecule has 15 heteroatoms. The summed E-state index contributed by atoms with van der Waals surface area (Å²) in [5, 5.41) is 33.7. The standard InChI is InChI=1S/C31H33N5O3.C29H29N5O2/c1-21-2-5-26(31(39)36-14-9-24(10-15-36)23-6-3-22(20-32)4-7-23)18-28(21)34-30(38)25-8-13-33-29(19-25)35-16-11-27(37)12-17-35;1-20-3-6-24(17-26(20)32-28(35)25-9-10-27(31-19-25)33-13-2-14-33)29(36)34-15-11-23(12-16-34)22-7-4-21(18-30)5-8-22/h2-8,13,18-19,24,27,37H,9-12,14-17H2,1H3,(H,34,38);3-10,17,19,23H,2,11-16H2,1H3,(H,32,35). The number of amides is 4. The average molecular weight is 1000 g/mol. The number of piperidine rings is 3. The number of likely N-dealkylation sites (tertiary alicyclic amines) is 2. The maximum Gasteiger partial charge on any atom is 0.257 e. The van der Waals surface area contributed by atoms with E-state index >= 15 is 0 Å². The molecule has 6 heterocycles. The van der Waals surface area contributed by atoms with Crippen LogP contribution in [-0.4, -0.2) is 107 Å². The molecule has 4 aromatic carbocycles. The number of hydrogen-bond acceptors (Lipinski definition) is 11. The monoisotopic (exact) mass is 1000 g/mol. The second kappa shape index (κ2) is 23.6. The third kappa shape index (κ3) is 12.5. The van der Waals surface area contributed by atoms with Crippen molar-refractivity contribution in [2.24, 2.45) is 0 Å². The molecule has 3 N–H and O–H groups in total. The van der Waals surface area contributed by atoms with Crippen LogP contribution in [0.25, 0.3) is 0 Å². The number of nitrogens with one attached hydrogen (secondary N) is 2. The Morgan fingerprint density at radius 3 is 1.43 bits per heavy atom. The lowest BCUT2D eigenvalue weighted by atomic mass is 9.89. The number of anilines is 4. The molecule has 75 heavy (non-hydrogen) atoms. The normalized spacial score (nSPS) is 16.1. The smallest absolute Gasteiger partial charge is 0.257 e. The third-order valence-electron chi connectivity index (χ3n) is 15.0. The van der Waals surface area contributed by atoms with Crippen molar-refractivity contribution < 1.29 is 24.3 Å². The lowest BCUT2D eigenvalue weighted by molar-refractivity contribution is 0.0705. The zero-order valence-electron chi connectivity index (χ0n) is 42.5. The number of aromatic nitrogens is 2. The van der Waals surface area contributed by atoms with Crippen molar-refractivity contribution in [3.63, 3.8) is 0 Å². The maximum absolute atomic E-state index is 13.3. The largest absolute Gasteiger partial charge is 0.393 e. The molecule has 4 aliphatic rings. The molecule has 2 aromatic heterocycles. The van der Waals surface area contributed by atoms with Crippen molar-refractivity contribution in [2.75, 3.05) is 72.8 Å². The number of rotatable bonds is 10. The highest BCUT2D eigenvalue weighted by atomic mass is 16.3. The van der Waals surface area contributed by atoms with E-state index in [1.54, 1.807) is 42.7 Å². The number of aliphatic hydroxyl groups excluding tert-OH is 1. The zero-order chi connectivity index (χ0) is 52.4. The van der Waals surface area contributed by atoms with Crippen molar-refractivity contribution in [1.82, 2.24) is 19.8 Å². The number of hydrogen-bond donors (Lipinski definition) is 3. The molecule has 4 fully saturated rings. The SMILES string of the molecule is Cc1ccc(C(=O)N2CCC(c3ccc(C#N)cc3)CC2)cc1NC(=O)c1ccc(N2CCC2)nc1.Cc1ccc(C(=O)N2CCC(c3ccc(C#N)cc3)CC2)cc1NC(=O)c1ccnc(N2CCC(O)CC2)c1. The number of pyridine rings is 2. The van der Waals surface area contributed by atoms with E-state index in [4.69, 9.17) is 10.5 Å². The molecule has 15 nitrogen and oxygen atoms in total. The van der Waals surface area contributed by atoms with Gasteiger partial charge in [-0.25, -0.2) is 9.97 Å². The molecule has 0 saturated carbocycles. The number of aryl methyl sites for hydroxylation is 2. The Hall–Kier alpha value is -8.40. The Morgan fingerprint density at radius 1 is 0.520 bits per heavy atom. The van der Waals surface area contributed by atoms with Gasteiger partial charge in [0, 0.05) is 92.8 Å². The first-order valence-corrected chi connectivity index (χ1v) is 26.0. The highest BCUT2D eigenvalue weighted by molar-refractivity contribution is 6.06. The molecule has 10 rings (SSSR count). The first-order valence-electron chi connectivity index (χ1n) is 26.0. The van der Waals surface area contributed by atoms with Gasteiger partial charge in [-0.3, -0.25) is 19.2 Å². The summed E-state index contributed by atoms with van der Waals surface area (Å²) < 4.78 is 0. The average Bonchev–Trinajstić information content (AvgIpc) is 3.44. The molecular weight excluding hydrogens is 941 g/mol. The van der Waals surface area contributed by atoms with Crippen molar-refractivity contribution >= 4 is 46.6 Å². The van der Waals surface area contributed by atoms with E-state index in [1.165, 1.54) is 17.5 Å². The van der Waals surface area contributed by atoms with E-state index in [0.29, 0.717) is 109 Å². The molecule has 6 aromatic rings. The Balaban J connectivity index is 0.000000184. The van der Waals surface area contributed by atoms with Gasteiger partial charge >= 0.3 is 0 Å². The van der Waals surface area contributed by atoms with Gasteiger partial charge in [0.15, 0.2) is 0 Å². The minimum absolute atomic E-state index is 0.0238. The fraction of sp³-hybridized carbons (Fsp3) is 0.333. The molecule has 4 saturated heterocycles. The van der Waals surface area contributed by atoms with Gasteiger partial charge in [-0.2, -0.15) is 10.5 Å². The number of nitrogens with zero attached hydrogens (tertiary/aromatic N) is 8. The minimum Gasteiger partial charge on any atom is -0.393 e. The van der Waals surface area contributed by atoms with Gasteiger partial charge in [0.25, 0.3) is 23.6 Å². The quantitative estimate of drug-likeness (QED) is 0.118. The van der Waals surface area contributed by atoms with E-state index in [2.05, 4.69) is 42.5 Å². The predicted octanol–water partition coefficient (Wildman–Crippen LogP) is 9.24. The third-order valence-corrected chi connectivity index (χ3v) is 15.0. The summed E-state index contributed by atoms with van der Waals surface area (Å²) in [7, 11) is 0. The molecular formula is C60H62N10O5. The van der Waals surface area contributed by atoms with Crippen molar-refractivity contribution in [2.45, 2.75) is 76.7 Å². The van der Waals surface area contributed by atoms with Gasteiger partial charge in [0.1, 0.15) is 11.6 Å². The van der Waals surface area contributed by atoms with Crippen LogP contribution in [0.2, 0.25) is 0 Å². The summed E-state index contributed by atoms with van der Waals surface area (Å²) in [4.78, 5) is 69.4. The van der Waals surface area contributed by atoms with Gasteiger partial charge in [0.05, 0.1) is 34.9 Å². The summed E-state index contributed by atoms with van der Waals surface area (Å²) in [6.07, 6.45) is 9.00. The van der Waals surface area contributed by atoms with Crippen LogP contribution in [0.1, 0.15) is 132 Å². The lowest BCUT2D eigenvalue weighted by Gasteiger charge is -2.32. The van der Waals surface area contributed by atoms with E-state index in [0.717, 1.165) is 61.5 Å². The molecule has 0 radical (unpaired) electrons. The van der Waals surface area contributed by atoms with Crippen LogP contribution < -0.4 is 20.4 Å². The topological polar surface area (TPSA) is 199 Å². The highest BCUT2D eigenvalue weighted by Crippen LogP contribution is 2.32. The van der Waals surface area contributed by atoms with Crippen molar-refractivity contribution in [3.05, 3.63) is 177 Å². The predicted molar refractivity (Wildman–Crippen MR) is 289 cm³/mol. The fourth-order valence-corrected chi connectivity index (χ4v) is 10.1. The van der Waals surface area contributed by atoms with Crippen LogP contribution in [0.3, 0.4) is 0 Å². The molecule has 382 valence electrons. The molecule has 0 spiro atoms. The fourth-order valence-electron chi connectivity index (χ4n) is 10.1. The summed E-state index contributed by atoms with van der Waals surface area (Å²) in [5.74, 6) is 1.81. The molecule has 0 atom stereocenters. The number of nitriles is 2. The number of carbonyl (C=O) groups excluding carboxylic acids is 4. The van der Waals surface area contributed by atoms with Gasteiger partial charge < -0.3 is 35.3 Å². The van der Waals surface area contributed by atoms with Crippen molar-refractivity contribution in [1.29, 1.82) is 10.5 Å². The van der Waals surface area contributed by atoms with Crippen LogP contribution in [0.15, 0.2) is 122 Å². The number of aliphatic hydroxyl groups is 1. The minimum atomic E-state index is -0.278. The van der Waals surface area contributed by atoms with Gasteiger partial charge in [-0.15, -0.1) is 0 Å². The van der Waals surface area contributed by atoms with E-state index in [1.807, 2.05) is 103 Å². The highest BCUT2D eigenvalue weighted by Gasteiger charge is 2.28. The van der Waals surface area contributed by atoms with Crippen LogP contribution in [0, 0.1) is 36.5 Å². The molecule has 0 bridgehead atoms. The van der Waals surface area contributed by atoms with Crippen LogP contribution >= 0.6 is 0 Å². The molecule has 4 amide bonds. The summed E-state index contributed by atoms with van der Waals surface area (Å²) >= 11 is 0.